The zero-order chi connectivity index (χ0) is 45.2. The summed E-state index contributed by atoms with van der Waals surface area (Å²) in [5.41, 5.74) is 0. The van der Waals surface area contributed by atoms with Crippen LogP contribution in [0.4, 0.5) is 0 Å². The van der Waals surface area contributed by atoms with Gasteiger partial charge in [-0.2, -0.15) is 0 Å². The lowest BCUT2D eigenvalue weighted by molar-refractivity contribution is -0.167. The van der Waals surface area contributed by atoms with Gasteiger partial charge in [0.1, 0.15) is 13.2 Å². The van der Waals surface area contributed by atoms with Crippen molar-refractivity contribution >= 4 is 17.9 Å². The van der Waals surface area contributed by atoms with Crippen LogP contribution in [0.15, 0.2) is 0 Å². The van der Waals surface area contributed by atoms with Crippen LogP contribution in [0.5, 0.6) is 0 Å². The van der Waals surface area contributed by atoms with Gasteiger partial charge in [0.05, 0.1) is 0 Å². The van der Waals surface area contributed by atoms with Gasteiger partial charge in [-0.05, 0) is 25.2 Å². The summed E-state index contributed by atoms with van der Waals surface area (Å²) in [6, 6.07) is 0. The highest BCUT2D eigenvalue weighted by Gasteiger charge is 2.19. The van der Waals surface area contributed by atoms with E-state index < -0.39 is 6.10 Å². The van der Waals surface area contributed by atoms with Crippen molar-refractivity contribution in [2.75, 3.05) is 13.2 Å². The Balaban J connectivity index is 4.28. The molecule has 0 aromatic heterocycles. The fraction of sp³-hybridized carbons (Fsp3) is 0.946. The van der Waals surface area contributed by atoms with E-state index in [1.807, 2.05) is 0 Å². The van der Waals surface area contributed by atoms with Crippen molar-refractivity contribution in [3.05, 3.63) is 0 Å². The molecule has 368 valence electrons. The van der Waals surface area contributed by atoms with E-state index in [0.29, 0.717) is 19.3 Å². The predicted molar refractivity (Wildman–Crippen MR) is 266 cm³/mol. The molecule has 0 saturated heterocycles. The Hall–Kier alpha value is -1.59. The van der Waals surface area contributed by atoms with E-state index in [0.717, 1.165) is 63.7 Å². The van der Waals surface area contributed by atoms with Crippen LogP contribution in [-0.4, -0.2) is 37.2 Å². The third-order valence-electron chi connectivity index (χ3n) is 12.8. The zero-order valence-electron chi connectivity index (χ0n) is 42.3. The summed E-state index contributed by atoms with van der Waals surface area (Å²) >= 11 is 0. The normalized spacial score (nSPS) is 12.0. The summed E-state index contributed by atoms with van der Waals surface area (Å²) in [7, 11) is 0. The van der Waals surface area contributed by atoms with Crippen LogP contribution in [0.3, 0.4) is 0 Å². The van der Waals surface area contributed by atoms with Crippen LogP contribution in [0.1, 0.15) is 317 Å². The number of rotatable bonds is 51. The molecule has 0 aliphatic heterocycles. The van der Waals surface area contributed by atoms with E-state index in [1.165, 1.54) is 212 Å². The molecular weight excluding hydrogens is 769 g/mol. The molecule has 0 aliphatic carbocycles. The van der Waals surface area contributed by atoms with Gasteiger partial charge in [0.15, 0.2) is 6.10 Å². The number of unbranched alkanes of at least 4 members (excludes halogenated alkanes) is 38. The molecule has 0 aromatic carbocycles. The molecule has 0 aliphatic rings. The van der Waals surface area contributed by atoms with Gasteiger partial charge < -0.3 is 14.2 Å². The number of carbonyl (C=O) groups is 3. The second-order valence-corrected chi connectivity index (χ2v) is 19.7. The smallest absolute Gasteiger partial charge is 0.306 e. The average molecular weight is 877 g/mol. The van der Waals surface area contributed by atoms with Crippen molar-refractivity contribution in [3.8, 4) is 0 Å². The zero-order valence-corrected chi connectivity index (χ0v) is 42.3. The Kier molecular flexibility index (Phi) is 49.1. The van der Waals surface area contributed by atoms with E-state index in [1.54, 1.807) is 0 Å². The van der Waals surface area contributed by atoms with Crippen molar-refractivity contribution in [2.45, 2.75) is 323 Å². The Labute approximate surface area is 387 Å². The van der Waals surface area contributed by atoms with Crippen LogP contribution >= 0.6 is 0 Å². The number of esters is 3. The number of carbonyl (C=O) groups excluding carboxylic acids is 3. The lowest BCUT2D eigenvalue weighted by Gasteiger charge is -2.18. The van der Waals surface area contributed by atoms with Crippen molar-refractivity contribution in [3.63, 3.8) is 0 Å². The van der Waals surface area contributed by atoms with Crippen LogP contribution in [-0.2, 0) is 28.6 Å². The standard InChI is InChI=1S/C56H108O6/c1-5-7-9-11-13-15-17-19-20-21-22-23-28-32-36-40-44-48-55(58)61-51-53(50-60-54(57)47-43-39-35-31-27-18-16-14-12-10-8-6-2)62-56(59)49-45-41-37-33-29-25-24-26-30-34-38-42-46-52(3)4/h52-53H,5-51H2,1-4H3/t53-/m1/s1. The largest absolute Gasteiger partial charge is 0.462 e. The predicted octanol–water partition coefficient (Wildman–Crippen LogP) is 18.2. The molecule has 0 bridgehead atoms. The molecule has 0 fully saturated rings. The Bertz CT molecular complexity index is 933. The molecule has 0 spiro atoms. The molecule has 0 saturated carbocycles. The Morgan fingerprint density at radius 3 is 0.790 bits per heavy atom. The summed E-state index contributed by atoms with van der Waals surface area (Å²) in [4.78, 5) is 38.0. The first-order valence-corrected chi connectivity index (χ1v) is 27.9. The quantitative estimate of drug-likeness (QED) is 0.0344. The molecular formula is C56H108O6. The van der Waals surface area contributed by atoms with E-state index >= 15 is 0 Å². The minimum atomic E-state index is -0.761. The molecule has 0 radical (unpaired) electrons. The fourth-order valence-electron chi connectivity index (χ4n) is 8.57. The fourth-order valence-corrected chi connectivity index (χ4v) is 8.57. The molecule has 62 heavy (non-hydrogen) atoms. The second kappa shape index (κ2) is 50.4. The minimum Gasteiger partial charge on any atom is -0.462 e. The summed E-state index contributed by atoms with van der Waals surface area (Å²) in [6.07, 6.45) is 53.7. The van der Waals surface area contributed by atoms with Crippen molar-refractivity contribution in [2.24, 2.45) is 5.92 Å². The van der Waals surface area contributed by atoms with Crippen molar-refractivity contribution in [1.29, 1.82) is 0 Å². The van der Waals surface area contributed by atoms with Gasteiger partial charge >= 0.3 is 17.9 Å². The highest BCUT2D eigenvalue weighted by Crippen LogP contribution is 2.18. The SMILES string of the molecule is CCCCCCCCCCCCCCCCCCCC(=O)OC[C@@H](COC(=O)CCCCCCCCCCCCCC)OC(=O)CCCCCCCCCCCCCCC(C)C. The first kappa shape index (κ1) is 60.4. The van der Waals surface area contributed by atoms with Gasteiger partial charge in [-0.3, -0.25) is 14.4 Å². The van der Waals surface area contributed by atoms with Gasteiger partial charge in [0.25, 0.3) is 0 Å². The molecule has 1 atom stereocenters. The van der Waals surface area contributed by atoms with E-state index in [2.05, 4.69) is 27.7 Å². The molecule has 0 rings (SSSR count). The van der Waals surface area contributed by atoms with E-state index in [-0.39, 0.29) is 31.1 Å². The average Bonchev–Trinajstić information content (AvgIpc) is 3.26. The summed E-state index contributed by atoms with van der Waals surface area (Å²) in [5.74, 6) is -0.00658. The molecule has 6 nitrogen and oxygen atoms in total. The highest BCUT2D eigenvalue weighted by molar-refractivity contribution is 5.71. The molecule has 0 unspecified atom stereocenters. The number of hydrogen-bond donors (Lipinski definition) is 0. The highest BCUT2D eigenvalue weighted by atomic mass is 16.6. The van der Waals surface area contributed by atoms with Gasteiger partial charge in [0, 0.05) is 19.3 Å². The van der Waals surface area contributed by atoms with Gasteiger partial charge in [-0.1, -0.05) is 278 Å². The molecule has 0 amide bonds. The minimum absolute atomic E-state index is 0.0621. The van der Waals surface area contributed by atoms with Crippen molar-refractivity contribution < 1.29 is 28.6 Å². The van der Waals surface area contributed by atoms with Crippen LogP contribution in [0.2, 0.25) is 0 Å². The third-order valence-corrected chi connectivity index (χ3v) is 12.8. The number of ether oxygens (including phenoxy) is 3. The summed E-state index contributed by atoms with van der Waals surface area (Å²) < 4.78 is 16.9. The lowest BCUT2D eigenvalue weighted by atomic mass is 10.0. The van der Waals surface area contributed by atoms with E-state index in [9.17, 15) is 14.4 Å². The monoisotopic (exact) mass is 877 g/mol. The van der Waals surface area contributed by atoms with Gasteiger partial charge in [0.2, 0.25) is 0 Å². The van der Waals surface area contributed by atoms with Crippen LogP contribution < -0.4 is 0 Å². The van der Waals surface area contributed by atoms with E-state index in [4.69, 9.17) is 14.2 Å². The number of hydrogen-bond acceptors (Lipinski definition) is 6. The molecule has 0 heterocycles. The topological polar surface area (TPSA) is 78.9 Å². The lowest BCUT2D eigenvalue weighted by Crippen LogP contribution is -2.30. The van der Waals surface area contributed by atoms with Crippen molar-refractivity contribution in [1.82, 2.24) is 0 Å². The maximum absolute atomic E-state index is 12.8. The summed E-state index contributed by atoms with van der Waals surface area (Å²) in [5, 5.41) is 0. The summed E-state index contributed by atoms with van der Waals surface area (Å²) in [6.45, 7) is 9.05. The van der Waals surface area contributed by atoms with Gasteiger partial charge in [-0.15, -0.1) is 0 Å². The second-order valence-electron chi connectivity index (χ2n) is 19.7. The maximum Gasteiger partial charge on any atom is 0.306 e. The first-order valence-electron chi connectivity index (χ1n) is 27.9. The van der Waals surface area contributed by atoms with Crippen LogP contribution in [0, 0.1) is 5.92 Å². The first-order chi connectivity index (χ1) is 30.4. The van der Waals surface area contributed by atoms with Gasteiger partial charge in [-0.25, -0.2) is 0 Å². The molecule has 0 N–H and O–H groups in total. The third kappa shape index (κ3) is 49.4. The molecule has 6 heteroatoms. The Morgan fingerprint density at radius 2 is 0.532 bits per heavy atom. The molecule has 0 aromatic rings. The van der Waals surface area contributed by atoms with Crippen LogP contribution in [0.25, 0.3) is 0 Å². The Morgan fingerprint density at radius 1 is 0.306 bits per heavy atom. The maximum atomic E-state index is 12.8.